The number of aryl methyl sites for hydroxylation is 2. The van der Waals surface area contributed by atoms with E-state index >= 15 is 0 Å². The van der Waals surface area contributed by atoms with Crippen LogP contribution in [0.4, 0.5) is 0 Å². The Morgan fingerprint density at radius 3 is 2.62 bits per heavy atom. The van der Waals surface area contributed by atoms with Crippen molar-refractivity contribution in [2.24, 2.45) is 7.05 Å². The van der Waals surface area contributed by atoms with E-state index in [1.807, 2.05) is 27.8 Å². The molecule has 2 rings (SSSR count). The van der Waals surface area contributed by atoms with Crippen LogP contribution in [0.1, 0.15) is 19.5 Å². The summed E-state index contributed by atoms with van der Waals surface area (Å²) in [7, 11) is 1.83. The summed E-state index contributed by atoms with van der Waals surface area (Å²) in [6.45, 7) is 5.90. The number of nitrogens with zero attached hydrogens (tertiary/aromatic N) is 5. The quantitative estimate of drug-likeness (QED) is 0.607. The number of fused-ring (bicyclic) bond motifs is 1. The van der Waals surface area contributed by atoms with Crippen LogP contribution in [0.2, 0.25) is 0 Å². The maximum absolute atomic E-state index is 4.14. The Kier molecular flexibility index (Phi) is 2.89. The zero-order valence-corrected chi connectivity index (χ0v) is 8.31. The van der Waals surface area contributed by atoms with Gasteiger partial charge in [-0.1, -0.05) is 13.8 Å². The van der Waals surface area contributed by atoms with E-state index in [1.165, 1.54) is 6.33 Å². The molecular formula is C8H13N5. The highest BCUT2D eigenvalue weighted by Crippen LogP contribution is 2.08. The zero-order chi connectivity index (χ0) is 9.84. The largest absolute Gasteiger partial charge is 0.247 e. The molecule has 2 aromatic heterocycles. The lowest BCUT2D eigenvalue weighted by molar-refractivity contribution is 0.765. The van der Waals surface area contributed by atoms with Crippen molar-refractivity contribution < 1.29 is 0 Å². The Hall–Kier alpha value is -1.52. The summed E-state index contributed by atoms with van der Waals surface area (Å²) in [6.07, 6.45) is 1.43. The first-order valence-corrected chi connectivity index (χ1v) is 4.26. The lowest BCUT2D eigenvalue weighted by Crippen LogP contribution is -1.93. The SMILES string of the molecule is CC.Cc1nn(C)c2nncnc12. The molecule has 0 bridgehead atoms. The van der Waals surface area contributed by atoms with Gasteiger partial charge < -0.3 is 0 Å². The molecule has 0 aliphatic heterocycles. The van der Waals surface area contributed by atoms with Crippen LogP contribution in [0.15, 0.2) is 6.33 Å². The Morgan fingerprint density at radius 1 is 1.31 bits per heavy atom. The van der Waals surface area contributed by atoms with Gasteiger partial charge in [-0.15, -0.1) is 10.2 Å². The lowest BCUT2D eigenvalue weighted by Gasteiger charge is -1.87. The first-order chi connectivity index (χ1) is 6.29. The number of rotatable bonds is 0. The van der Waals surface area contributed by atoms with Gasteiger partial charge in [0.1, 0.15) is 11.8 Å². The number of hydrogen-bond acceptors (Lipinski definition) is 4. The number of aromatic nitrogens is 5. The van der Waals surface area contributed by atoms with Gasteiger partial charge in [-0.05, 0) is 6.92 Å². The van der Waals surface area contributed by atoms with Crippen molar-refractivity contribution >= 4 is 11.2 Å². The molecule has 0 fully saturated rings. The fraction of sp³-hybridized carbons (Fsp3) is 0.500. The predicted octanol–water partition coefficient (Wildman–Crippen LogP) is 1.09. The van der Waals surface area contributed by atoms with Gasteiger partial charge in [0.15, 0.2) is 5.65 Å². The fourth-order valence-corrected chi connectivity index (χ4v) is 1.06. The van der Waals surface area contributed by atoms with Crippen LogP contribution in [0.25, 0.3) is 11.2 Å². The first kappa shape index (κ1) is 9.57. The van der Waals surface area contributed by atoms with E-state index in [1.54, 1.807) is 4.68 Å². The van der Waals surface area contributed by atoms with Crippen LogP contribution in [0, 0.1) is 6.92 Å². The molecular weight excluding hydrogens is 166 g/mol. The van der Waals surface area contributed by atoms with Crippen LogP contribution in [-0.4, -0.2) is 25.0 Å². The van der Waals surface area contributed by atoms with E-state index in [4.69, 9.17) is 0 Å². The lowest BCUT2D eigenvalue weighted by atomic mass is 10.4. The van der Waals surface area contributed by atoms with Crippen LogP contribution in [-0.2, 0) is 7.05 Å². The molecule has 0 N–H and O–H groups in total. The standard InChI is InChI=1S/C6H7N5.C2H6/c1-4-5-6(11(2)10-4)9-8-3-7-5;1-2/h3H,1-2H3;1-2H3. The molecule has 2 heterocycles. The molecule has 2 aromatic rings. The Balaban J connectivity index is 0.000000396. The van der Waals surface area contributed by atoms with Crippen molar-refractivity contribution in [1.29, 1.82) is 0 Å². The second kappa shape index (κ2) is 3.93. The minimum absolute atomic E-state index is 0.727. The van der Waals surface area contributed by atoms with E-state index in [0.29, 0.717) is 0 Å². The summed E-state index contributed by atoms with van der Waals surface area (Å²) in [5.74, 6) is 0. The van der Waals surface area contributed by atoms with Gasteiger partial charge in [-0.3, -0.25) is 0 Å². The summed E-state index contributed by atoms with van der Waals surface area (Å²) in [6, 6.07) is 0. The van der Waals surface area contributed by atoms with Crippen molar-refractivity contribution in [3.8, 4) is 0 Å². The third-order valence-corrected chi connectivity index (χ3v) is 1.55. The minimum atomic E-state index is 0.727. The topological polar surface area (TPSA) is 56.5 Å². The zero-order valence-electron chi connectivity index (χ0n) is 8.31. The first-order valence-electron chi connectivity index (χ1n) is 4.26. The molecule has 0 spiro atoms. The average Bonchev–Trinajstić information content (AvgIpc) is 2.47. The molecule has 13 heavy (non-hydrogen) atoms. The van der Waals surface area contributed by atoms with Crippen molar-refractivity contribution in [1.82, 2.24) is 25.0 Å². The fourth-order valence-electron chi connectivity index (χ4n) is 1.06. The van der Waals surface area contributed by atoms with Crippen molar-refractivity contribution in [3.63, 3.8) is 0 Å². The van der Waals surface area contributed by atoms with E-state index in [0.717, 1.165) is 16.9 Å². The maximum atomic E-state index is 4.14. The third-order valence-electron chi connectivity index (χ3n) is 1.55. The Labute approximate surface area is 76.8 Å². The highest BCUT2D eigenvalue weighted by atomic mass is 15.3. The van der Waals surface area contributed by atoms with Crippen LogP contribution >= 0.6 is 0 Å². The average molecular weight is 179 g/mol. The summed E-state index contributed by atoms with van der Waals surface area (Å²) >= 11 is 0. The summed E-state index contributed by atoms with van der Waals surface area (Å²) in [5.41, 5.74) is 2.44. The van der Waals surface area contributed by atoms with Crippen LogP contribution in [0.3, 0.4) is 0 Å². The number of hydrogen-bond donors (Lipinski definition) is 0. The van der Waals surface area contributed by atoms with Gasteiger partial charge in [0.2, 0.25) is 0 Å². The highest BCUT2D eigenvalue weighted by Gasteiger charge is 2.05. The van der Waals surface area contributed by atoms with Crippen LogP contribution < -0.4 is 0 Å². The second-order valence-corrected chi connectivity index (χ2v) is 2.34. The monoisotopic (exact) mass is 179 g/mol. The van der Waals surface area contributed by atoms with Gasteiger partial charge in [0.25, 0.3) is 0 Å². The van der Waals surface area contributed by atoms with Crippen molar-refractivity contribution in [3.05, 3.63) is 12.0 Å². The van der Waals surface area contributed by atoms with E-state index < -0.39 is 0 Å². The molecule has 0 aliphatic rings. The smallest absolute Gasteiger partial charge is 0.199 e. The molecule has 0 aliphatic carbocycles. The molecule has 70 valence electrons. The van der Waals surface area contributed by atoms with Crippen LogP contribution in [0.5, 0.6) is 0 Å². The minimum Gasteiger partial charge on any atom is -0.247 e. The van der Waals surface area contributed by atoms with Gasteiger partial charge >= 0.3 is 0 Å². The van der Waals surface area contributed by atoms with Gasteiger partial charge in [0.05, 0.1) is 5.69 Å². The molecule has 0 atom stereocenters. The normalized spacial score (nSPS) is 9.54. The molecule has 5 heteroatoms. The summed E-state index contributed by atoms with van der Waals surface area (Å²) < 4.78 is 1.67. The van der Waals surface area contributed by atoms with E-state index in [-0.39, 0.29) is 0 Å². The predicted molar refractivity (Wildman–Crippen MR) is 50.2 cm³/mol. The highest BCUT2D eigenvalue weighted by molar-refractivity contribution is 5.71. The van der Waals surface area contributed by atoms with E-state index in [9.17, 15) is 0 Å². The summed E-state index contributed by atoms with van der Waals surface area (Å²) in [5, 5.41) is 11.7. The Morgan fingerprint density at radius 2 is 2.00 bits per heavy atom. The van der Waals surface area contributed by atoms with Crippen molar-refractivity contribution in [2.75, 3.05) is 0 Å². The molecule has 0 aromatic carbocycles. The van der Waals surface area contributed by atoms with Gasteiger partial charge in [-0.25, -0.2) is 9.67 Å². The van der Waals surface area contributed by atoms with Gasteiger partial charge in [0, 0.05) is 7.05 Å². The Bertz CT molecular complexity index is 356. The van der Waals surface area contributed by atoms with E-state index in [2.05, 4.69) is 20.3 Å². The third kappa shape index (κ3) is 1.63. The second-order valence-electron chi connectivity index (χ2n) is 2.34. The molecule has 0 amide bonds. The van der Waals surface area contributed by atoms with Gasteiger partial charge in [-0.2, -0.15) is 5.10 Å². The summed E-state index contributed by atoms with van der Waals surface area (Å²) in [4.78, 5) is 4.04. The maximum Gasteiger partial charge on any atom is 0.199 e. The molecule has 0 saturated heterocycles. The molecule has 0 saturated carbocycles. The van der Waals surface area contributed by atoms with Crippen molar-refractivity contribution in [2.45, 2.75) is 20.8 Å². The molecule has 5 nitrogen and oxygen atoms in total. The molecule has 0 radical (unpaired) electrons. The molecule has 0 unspecified atom stereocenters.